The number of hydrogen-bond donors (Lipinski definition) is 2. The van der Waals surface area contributed by atoms with Gasteiger partial charge in [0.1, 0.15) is 0 Å². The zero-order valence-electron chi connectivity index (χ0n) is 3.71. The lowest BCUT2D eigenvalue weighted by molar-refractivity contribution is 0.407. The van der Waals surface area contributed by atoms with Crippen LogP contribution in [0.4, 0.5) is 0 Å². The zero-order valence-corrected chi connectivity index (χ0v) is 4.53. The quantitative estimate of drug-likeness (QED) is 0.402. The summed E-state index contributed by atoms with van der Waals surface area (Å²) in [7, 11) is -4.10. The van der Waals surface area contributed by atoms with Gasteiger partial charge in [-0.25, -0.2) is 4.21 Å². The van der Waals surface area contributed by atoms with Crippen molar-refractivity contribution in [2.24, 2.45) is 0 Å². The van der Waals surface area contributed by atoms with Gasteiger partial charge in [-0.2, -0.15) is 0 Å². The molecule has 0 aromatic heterocycles. The van der Waals surface area contributed by atoms with E-state index in [1.165, 1.54) is 0 Å². The second-order valence-electron chi connectivity index (χ2n) is 1.70. The van der Waals surface area contributed by atoms with Crippen LogP contribution in [0.1, 0.15) is 0 Å². The molecule has 0 saturated carbocycles. The fraction of sp³-hybridized carbons (Fsp3) is 1.00. The highest BCUT2D eigenvalue weighted by Crippen LogP contribution is 2.00. The molecule has 3 nitrogen and oxygen atoms in total. The van der Waals surface area contributed by atoms with Crippen molar-refractivity contribution in [1.82, 2.24) is 0 Å². The minimum Gasteiger partial charge on any atom is -0.308 e. The van der Waals surface area contributed by atoms with Crippen LogP contribution in [0, 0.1) is 0 Å². The molecule has 2 N–H and O–H groups in total. The summed E-state index contributed by atoms with van der Waals surface area (Å²) in [5, 5.41) is 0. The van der Waals surface area contributed by atoms with Crippen LogP contribution in [-0.2, 0) is 9.63 Å². The van der Waals surface area contributed by atoms with Crippen molar-refractivity contribution >= 4 is 18.0 Å². The van der Waals surface area contributed by atoms with Gasteiger partial charge in [0.25, 0.3) is 0 Å². The Balaban J connectivity index is 0. The molecular formula is C2H11BO3S. The molecule has 0 saturated heterocycles. The van der Waals surface area contributed by atoms with Gasteiger partial charge in [0.15, 0.2) is 0 Å². The molecule has 7 heavy (non-hydrogen) atoms. The van der Waals surface area contributed by atoms with E-state index in [4.69, 9.17) is 9.11 Å². The normalized spacial score (nSPS) is 16.3. The standard InChI is InChI=1S/C2H8O3S.BH3/c1-6(2,3,4)5;/h1-2H3,(H2,3,4,5);1H3. The smallest absolute Gasteiger partial charge is 0.0814 e. The molecule has 0 aromatic rings. The first-order chi connectivity index (χ1) is 2.24. The predicted octanol–water partition coefficient (Wildman–Crippen LogP) is -1.17. The first-order valence-electron chi connectivity index (χ1n) is 1.35. The van der Waals surface area contributed by atoms with Crippen molar-refractivity contribution in [3.8, 4) is 0 Å². The van der Waals surface area contributed by atoms with Crippen LogP contribution in [0.15, 0.2) is 0 Å². The van der Waals surface area contributed by atoms with E-state index in [0.717, 1.165) is 12.5 Å². The minimum absolute atomic E-state index is 0. The Morgan fingerprint density at radius 3 is 1.29 bits per heavy atom. The van der Waals surface area contributed by atoms with Crippen LogP contribution in [0.3, 0.4) is 0 Å². The first kappa shape index (κ1) is 10.2. The van der Waals surface area contributed by atoms with Crippen molar-refractivity contribution in [1.29, 1.82) is 0 Å². The average molecular weight is 126 g/mol. The highest BCUT2D eigenvalue weighted by atomic mass is 32.3. The summed E-state index contributed by atoms with van der Waals surface area (Å²) in [5.41, 5.74) is 0. The molecule has 0 fully saturated rings. The molecule has 0 unspecified atom stereocenters. The second kappa shape index (κ2) is 1.57. The Morgan fingerprint density at radius 1 is 1.29 bits per heavy atom. The van der Waals surface area contributed by atoms with Crippen LogP contribution < -0.4 is 0 Å². The fourth-order valence-electron chi connectivity index (χ4n) is 0. The Labute approximate surface area is 44.7 Å². The monoisotopic (exact) mass is 126 g/mol. The average Bonchev–Trinajstić information content (AvgIpc) is 0.650. The summed E-state index contributed by atoms with van der Waals surface area (Å²) in [6.07, 6.45) is 1.74. The topological polar surface area (TPSA) is 57.5 Å². The number of hydrogen-bond acceptors (Lipinski definition) is 1. The molecular weight excluding hydrogens is 115 g/mol. The molecule has 5 heteroatoms. The molecule has 0 radical (unpaired) electrons. The van der Waals surface area contributed by atoms with Gasteiger partial charge in [-0.05, 0) is 0 Å². The highest BCUT2D eigenvalue weighted by molar-refractivity contribution is 8.08. The predicted molar refractivity (Wildman–Crippen MR) is 35.2 cm³/mol. The Kier molecular flexibility index (Phi) is 2.29. The Hall–Kier alpha value is 0.135. The Bertz CT molecular complexity index is 90.6. The van der Waals surface area contributed by atoms with Crippen molar-refractivity contribution in [3.63, 3.8) is 0 Å². The van der Waals surface area contributed by atoms with E-state index in [2.05, 4.69) is 0 Å². The van der Waals surface area contributed by atoms with Crippen LogP contribution >= 0.6 is 0 Å². The summed E-state index contributed by atoms with van der Waals surface area (Å²) >= 11 is 0. The molecule has 0 bridgehead atoms. The van der Waals surface area contributed by atoms with Gasteiger partial charge >= 0.3 is 0 Å². The molecule has 0 aliphatic heterocycles. The summed E-state index contributed by atoms with van der Waals surface area (Å²) in [6.45, 7) is 0. The highest BCUT2D eigenvalue weighted by Gasteiger charge is 2.10. The third kappa shape index (κ3) is 5760. The second-order valence-corrected chi connectivity index (χ2v) is 5.11. The third-order valence-corrected chi connectivity index (χ3v) is 0. The van der Waals surface area contributed by atoms with Gasteiger partial charge in [0.2, 0.25) is 0 Å². The van der Waals surface area contributed by atoms with E-state index >= 15 is 0 Å². The van der Waals surface area contributed by atoms with E-state index in [0.29, 0.717) is 0 Å². The fourth-order valence-corrected chi connectivity index (χ4v) is 0. The molecule has 0 aliphatic carbocycles. The van der Waals surface area contributed by atoms with E-state index in [1.807, 2.05) is 0 Å². The number of rotatable bonds is 0. The molecule has 0 spiro atoms. The summed E-state index contributed by atoms with van der Waals surface area (Å²) in [5.74, 6) is 0. The van der Waals surface area contributed by atoms with Gasteiger partial charge in [-0.3, -0.25) is 0 Å². The lowest BCUT2D eigenvalue weighted by atomic mass is 10.8. The van der Waals surface area contributed by atoms with Crippen LogP contribution in [0.25, 0.3) is 0 Å². The summed E-state index contributed by atoms with van der Waals surface area (Å²) in [6, 6.07) is 0. The minimum atomic E-state index is -4.10. The molecule has 0 aliphatic rings. The van der Waals surface area contributed by atoms with E-state index in [9.17, 15) is 4.21 Å². The molecule has 0 amide bonds. The summed E-state index contributed by atoms with van der Waals surface area (Å²) in [4.78, 5) is 0. The van der Waals surface area contributed by atoms with Gasteiger partial charge in [0, 0.05) is 12.5 Å². The largest absolute Gasteiger partial charge is 0.308 e. The molecule has 0 heterocycles. The van der Waals surface area contributed by atoms with E-state index < -0.39 is 9.63 Å². The van der Waals surface area contributed by atoms with Crippen molar-refractivity contribution in [3.05, 3.63) is 0 Å². The van der Waals surface area contributed by atoms with Gasteiger partial charge in [0.05, 0.1) is 18.0 Å². The Morgan fingerprint density at radius 2 is 1.29 bits per heavy atom. The van der Waals surface area contributed by atoms with Crippen LogP contribution in [0.2, 0.25) is 0 Å². The van der Waals surface area contributed by atoms with E-state index in [-0.39, 0.29) is 8.41 Å². The van der Waals surface area contributed by atoms with Crippen molar-refractivity contribution < 1.29 is 13.3 Å². The molecule has 0 aromatic carbocycles. The van der Waals surface area contributed by atoms with Gasteiger partial charge in [-0.15, -0.1) is 0 Å². The van der Waals surface area contributed by atoms with Crippen LogP contribution in [-0.4, -0.2) is 34.2 Å². The first-order valence-corrected chi connectivity index (χ1v) is 4.04. The maximum absolute atomic E-state index is 9.90. The van der Waals surface area contributed by atoms with Gasteiger partial charge < -0.3 is 9.11 Å². The molecule has 46 valence electrons. The van der Waals surface area contributed by atoms with Crippen molar-refractivity contribution in [2.75, 3.05) is 12.5 Å². The van der Waals surface area contributed by atoms with Crippen LogP contribution in [0.5, 0.6) is 0 Å². The molecule has 0 rings (SSSR count). The third-order valence-electron chi connectivity index (χ3n) is 0. The van der Waals surface area contributed by atoms with E-state index in [1.54, 1.807) is 0 Å². The maximum Gasteiger partial charge on any atom is 0.0814 e. The van der Waals surface area contributed by atoms with Gasteiger partial charge in [-0.1, -0.05) is 0 Å². The van der Waals surface area contributed by atoms with Crippen molar-refractivity contribution in [2.45, 2.75) is 0 Å². The maximum atomic E-state index is 9.90. The lowest BCUT2D eigenvalue weighted by Crippen LogP contribution is -2.25. The SMILES string of the molecule is B.CS(C)(=O)(O)O. The molecule has 0 atom stereocenters. The summed E-state index contributed by atoms with van der Waals surface area (Å²) < 4.78 is 26.1. The zero-order chi connectivity index (χ0) is 5.45. The lowest BCUT2D eigenvalue weighted by Gasteiger charge is -2.16.